The summed E-state index contributed by atoms with van der Waals surface area (Å²) in [4.78, 5) is 13.8. The van der Waals surface area contributed by atoms with Gasteiger partial charge in [0.05, 0.1) is 5.54 Å². The minimum absolute atomic E-state index is 0.237. The number of anilines is 1. The van der Waals surface area contributed by atoms with Crippen LogP contribution in [0.25, 0.3) is 0 Å². The molecule has 2 aliphatic rings. The largest absolute Gasteiger partial charge is 0.384 e. The van der Waals surface area contributed by atoms with E-state index in [9.17, 15) is 4.79 Å². The number of carbonyl (C=O) groups is 1. The first kappa shape index (κ1) is 13.4. The third-order valence-electron chi connectivity index (χ3n) is 5.23. The molecule has 3 rings (SSSR count). The van der Waals surface area contributed by atoms with Crippen molar-refractivity contribution >= 4 is 11.6 Å². The first-order valence-corrected chi connectivity index (χ1v) is 7.34. The summed E-state index contributed by atoms with van der Waals surface area (Å²) in [6.45, 7) is 6.71. The molecule has 1 amide bonds. The van der Waals surface area contributed by atoms with Gasteiger partial charge in [0.2, 0.25) is 5.91 Å². The lowest BCUT2D eigenvalue weighted by Gasteiger charge is -2.45. The predicted octanol–water partition coefficient (Wildman–Crippen LogP) is 1.71. The van der Waals surface area contributed by atoms with E-state index in [1.165, 1.54) is 11.3 Å². The Labute approximate surface area is 120 Å². The molecule has 2 aliphatic heterocycles. The van der Waals surface area contributed by atoms with Gasteiger partial charge in [0.1, 0.15) is 0 Å². The van der Waals surface area contributed by atoms with Crippen LogP contribution in [0, 0.1) is 0 Å². The van der Waals surface area contributed by atoms with E-state index >= 15 is 0 Å². The molecule has 0 aromatic heterocycles. The Morgan fingerprint density at radius 1 is 1.30 bits per heavy atom. The summed E-state index contributed by atoms with van der Waals surface area (Å²) in [5, 5.41) is 3.53. The van der Waals surface area contributed by atoms with Crippen molar-refractivity contribution in [2.75, 3.05) is 25.0 Å². The quantitative estimate of drug-likeness (QED) is 0.862. The first-order chi connectivity index (χ1) is 9.46. The van der Waals surface area contributed by atoms with Crippen molar-refractivity contribution in [2.45, 2.75) is 37.6 Å². The number of benzene rings is 1. The van der Waals surface area contributed by atoms with Gasteiger partial charge in [0.15, 0.2) is 0 Å². The maximum absolute atomic E-state index is 11.6. The number of likely N-dealkylation sites (tertiary alicyclic amines) is 1. The Morgan fingerprint density at radius 3 is 2.60 bits per heavy atom. The standard InChI is InChI=1S/C16H23N3O/c1-15(2,14(17)20)19-9-7-16(8-10-19)11-18-13-6-4-3-5-12(13)16/h3-6,18H,7-11H2,1-2H3,(H2,17,20). The topological polar surface area (TPSA) is 58.4 Å². The molecule has 4 heteroatoms. The van der Waals surface area contributed by atoms with Gasteiger partial charge in [-0.3, -0.25) is 9.69 Å². The number of para-hydroxylation sites is 1. The highest BCUT2D eigenvalue weighted by Gasteiger charge is 2.44. The van der Waals surface area contributed by atoms with Crippen LogP contribution in [-0.4, -0.2) is 36.0 Å². The highest BCUT2D eigenvalue weighted by atomic mass is 16.1. The number of piperidine rings is 1. The van der Waals surface area contributed by atoms with Crippen LogP contribution in [0.1, 0.15) is 32.3 Å². The Bertz CT molecular complexity index is 530. The smallest absolute Gasteiger partial charge is 0.237 e. The fourth-order valence-electron chi connectivity index (χ4n) is 3.56. The number of fused-ring (bicyclic) bond motifs is 2. The van der Waals surface area contributed by atoms with Crippen LogP contribution in [0.3, 0.4) is 0 Å². The van der Waals surface area contributed by atoms with Crippen molar-refractivity contribution in [3.05, 3.63) is 29.8 Å². The van der Waals surface area contributed by atoms with Crippen LogP contribution in [0.2, 0.25) is 0 Å². The van der Waals surface area contributed by atoms with Gasteiger partial charge < -0.3 is 11.1 Å². The van der Waals surface area contributed by atoms with E-state index < -0.39 is 5.54 Å². The lowest BCUT2D eigenvalue weighted by Crippen LogP contribution is -2.57. The summed E-state index contributed by atoms with van der Waals surface area (Å²) in [6.07, 6.45) is 2.15. The SMILES string of the molecule is CC(C)(C(N)=O)N1CCC2(CC1)CNc1ccccc12. The van der Waals surface area contributed by atoms with E-state index in [0.29, 0.717) is 0 Å². The second-order valence-corrected chi connectivity index (χ2v) is 6.59. The van der Waals surface area contributed by atoms with E-state index in [2.05, 4.69) is 34.5 Å². The molecule has 0 saturated carbocycles. The third kappa shape index (κ3) is 1.90. The second kappa shape index (κ2) is 4.48. The number of primary amides is 1. The van der Waals surface area contributed by atoms with Gasteiger partial charge in [0.25, 0.3) is 0 Å². The average Bonchev–Trinajstić information content (AvgIpc) is 2.79. The van der Waals surface area contributed by atoms with E-state index in [1.54, 1.807) is 0 Å². The van der Waals surface area contributed by atoms with Gasteiger partial charge in [-0.05, 0) is 38.3 Å². The molecular formula is C16H23N3O. The van der Waals surface area contributed by atoms with Gasteiger partial charge >= 0.3 is 0 Å². The molecule has 1 aromatic rings. The lowest BCUT2D eigenvalue weighted by molar-refractivity contribution is -0.129. The number of nitrogens with two attached hydrogens (primary N) is 1. The van der Waals surface area contributed by atoms with Crippen molar-refractivity contribution < 1.29 is 4.79 Å². The zero-order valence-electron chi connectivity index (χ0n) is 12.3. The van der Waals surface area contributed by atoms with E-state index in [1.807, 2.05) is 13.8 Å². The molecule has 3 N–H and O–H groups in total. The zero-order valence-corrected chi connectivity index (χ0v) is 12.3. The summed E-state index contributed by atoms with van der Waals surface area (Å²) in [7, 11) is 0. The van der Waals surface area contributed by atoms with Crippen LogP contribution in [0.4, 0.5) is 5.69 Å². The molecule has 1 aromatic carbocycles. The van der Waals surface area contributed by atoms with Crippen molar-refractivity contribution in [3.63, 3.8) is 0 Å². The summed E-state index contributed by atoms with van der Waals surface area (Å²) in [5.74, 6) is -0.238. The molecular weight excluding hydrogens is 250 g/mol. The van der Waals surface area contributed by atoms with E-state index in [-0.39, 0.29) is 11.3 Å². The number of nitrogens with one attached hydrogen (secondary N) is 1. The second-order valence-electron chi connectivity index (χ2n) is 6.59. The van der Waals surface area contributed by atoms with Crippen LogP contribution in [-0.2, 0) is 10.2 Å². The monoisotopic (exact) mass is 273 g/mol. The number of rotatable bonds is 2. The number of amides is 1. The molecule has 0 unspecified atom stereocenters. The molecule has 108 valence electrons. The summed E-state index contributed by atoms with van der Waals surface area (Å²) < 4.78 is 0. The molecule has 0 radical (unpaired) electrons. The van der Waals surface area contributed by atoms with Crippen molar-refractivity contribution in [1.82, 2.24) is 4.90 Å². The maximum Gasteiger partial charge on any atom is 0.237 e. The first-order valence-electron chi connectivity index (χ1n) is 7.34. The lowest BCUT2D eigenvalue weighted by atomic mass is 9.73. The third-order valence-corrected chi connectivity index (χ3v) is 5.23. The predicted molar refractivity (Wildman–Crippen MR) is 80.7 cm³/mol. The Balaban J connectivity index is 1.79. The highest BCUT2D eigenvalue weighted by molar-refractivity contribution is 5.83. The Hall–Kier alpha value is -1.55. The summed E-state index contributed by atoms with van der Waals surface area (Å²) in [6, 6.07) is 8.59. The number of hydrogen-bond acceptors (Lipinski definition) is 3. The fraction of sp³-hybridized carbons (Fsp3) is 0.562. The minimum Gasteiger partial charge on any atom is -0.384 e. The van der Waals surface area contributed by atoms with Gasteiger partial charge in [-0.15, -0.1) is 0 Å². The summed E-state index contributed by atoms with van der Waals surface area (Å²) >= 11 is 0. The molecule has 0 aliphatic carbocycles. The van der Waals surface area contributed by atoms with Crippen molar-refractivity contribution in [3.8, 4) is 0 Å². The molecule has 0 bridgehead atoms. The molecule has 1 saturated heterocycles. The molecule has 20 heavy (non-hydrogen) atoms. The van der Waals surface area contributed by atoms with Crippen molar-refractivity contribution in [1.29, 1.82) is 0 Å². The van der Waals surface area contributed by atoms with Crippen molar-refractivity contribution in [2.24, 2.45) is 5.73 Å². The maximum atomic E-state index is 11.6. The average molecular weight is 273 g/mol. The molecule has 0 atom stereocenters. The normalized spacial score (nSPS) is 21.5. The van der Waals surface area contributed by atoms with E-state index in [4.69, 9.17) is 5.73 Å². The highest BCUT2D eigenvalue weighted by Crippen LogP contribution is 2.44. The number of nitrogens with zero attached hydrogens (tertiary/aromatic N) is 1. The van der Waals surface area contributed by atoms with E-state index in [0.717, 1.165) is 32.5 Å². The van der Waals surface area contributed by atoms with Crippen LogP contribution in [0.15, 0.2) is 24.3 Å². The Morgan fingerprint density at radius 2 is 1.95 bits per heavy atom. The minimum atomic E-state index is -0.548. The summed E-state index contributed by atoms with van der Waals surface area (Å²) in [5.41, 5.74) is 7.93. The molecule has 4 nitrogen and oxygen atoms in total. The molecule has 1 fully saturated rings. The van der Waals surface area contributed by atoms with Crippen LogP contribution < -0.4 is 11.1 Å². The molecule has 1 spiro atoms. The number of carbonyl (C=O) groups excluding carboxylic acids is 1. The van der Waals surface area contributed by atoms with Gasteiger partial charge in [0, 0.05) is 30.7 Å². The van der Waals surface area contributed by atoms with Gasteiger partial charge in [-0.25, -0.2) is 0 Å². The van der Waals surface area contributed by atoms with Gasteiger partial charge in [-0.1, -0.05) is 18.2 Å². The fourth-order valence-corrected chi connectivity index (χ4v) is 3.56. The zero-order chi connectivity index (χ0) is 14.4. The Kier molecular flexibility index (Phi) is 3.01. The molecule has 2 heterocycles. The van der Waals surface area contributed by atoms with Crippen LogP contribution >= 0.6 is 0 Å². The van der Waals surface area contributed by atoms with Crippen LogP contribution in [0.5, 0.6) is 0 Å². The van der Waals surface area contributed by atoms with Gasteiger partial charge in [-0.2, -0.15) is 0 Å². The number of hydrogen-bond donors (Lipinski definition) is 2.